The van der Waals surface area contributed by atoms with E-state index >= 15 is 0 Å². The highest BCUT2D eigenvalue weighted by Gasteiger charge is 2.19. The zero-order valence-electron chi connectivity index (χ0n) is 16.7. The van der Waals surface area contributed by atoms with E-state index in [1.54, 1.807) is 48.5 Å². The molecule has 162 valence electrons. The minimum absolute atomic E-state index is 0.0158. The number of amides is 1. The standard InChI is InChI=1S/C23H16BrClN2O4S/c1-15-6-9-19(10-7-15)32(29,30)31-22-11-8-18(24)13-16(22)12-17(14-26)23(28)27-21-5-3-2-4-20(21)25/h2-13H,1H3,(H,27,28)/b17-12+. The summed E-state index contributed by atoms with van der Waals surface area (Å²) < 4.78 is 31.3. The molecule has 0 bridgehead atoms. The van der Waals surface area contributed by atoms with Gasteiger partial charge < -0.3 is 9.50 Å². The third kappa shape index (κ3) is 5.77. The third-order valence-electron chi connectivity index (χ3n) is 4.27. The lowest BCUT2D eigenvalue weighted by molar-refractivity contribution is -0.112. The van der Waals surface area contributed by atoms with Crippen molar-refractivity contribution >= 4 is 55.3 Å². The molecular weight excluding hydrogens is 516 g/mol. The molecule has 1 N–H and O–H groups in total. The topological polar surface area (TPSA) is 96.3 Å². The van der Waals surface area contributed by atoms with Crippen molar-refractivity contribution in [1.29, 1.82) is 5.26 Å². The Morgan fingerprint density at radius 2 is 1.81 bits per heavy atom. The SMILES string of the molecule is Cc1ccc(S(=O)(=O)Oc2ccc(Br)cc2/C=C(\C#N)C(=O)Nc2ccccc2Cl)cc1. The molecule has 3 aromatic rings. The van der Waals surface area contributed by atoms with Crippen molar-refractivity contribution in [2.75, 3.05) is 5.32 Å². The van der Waals surface area contributed by atoms with Crippen LogP contribution < -0.4 is 9.50 Å². The molecule has 0 radical (unpaired) electrons. The van der Waals surface area contributed by atoms with E-state index in [1.807, 2.05) is 13.0 Å². The maximum Gasteiger partial charge on any atom is 0.339 e. The molecule has 0 saturated carbocycles. The van der Waals surface area contributed by atoms with E-state index in [2.05, 4.69) is 21.2 Å². The molecule has 0 aromatic heterocycles. The van der Waals surface area contributed by atoms with Gasteiger partial charge in [-0.1, -0.05) is 57.4 Å². The first-order chi connectivity index (χ1) is 15.2. The molecule has 3 aromatic carbocycles. The van der Waals surface area contributed by atoms with Gasteiger partial charge in [0, 0.05) is 10.0 Å². The van der Waals surface area contributed by atoms with Crippen molar-refractivity contribution in [2.45, 2.75) is 11.8 Å². The average Bonchev–Trinajstić information content (AvgIpc) is 2.75. The van der Waals surface area contributed by atoms with Crippen molar-refractivity contribution in [3.05, 3.63) is 92.9 Å². The minimum atomic E-state index is -4.13. The lowest BCUT2D eigenvalue weighted by Crippen LogP contribution is -2.14. The van der Waals surface area contributed by atoms with Crippen LogP contribution in [0.15, 0.2) is 81.7 Å². The van der Waals surface area contributed by atoms with Gasteiger partial charge in [0.05, 0.1) is 10.7 Å². The first kappa shape index (κ1) is 23.5. The first-order valence-electron chi connectivity index (χ1n) is 9.18. The van der Waals surface area contributed by atoms with Crippen LogP contribution in [0.1, 0.15) is 11.1 Å². The molecule has 0 fully saturated rings. The summed E-state index contributed by atoms with van der Waals surface area (Å²) in [5, 5.41) is 12.4. The van der Waals surface area contributed by atoms with Crippen molar-refractivity contribution < 1.29 is 17.4 Å². The van der Waals surface area contributed by atoms with Gasteiger partial charge in [-0.25, -0.2) is 0 Å². The van der Waals surface area contributed by atoms with Gasteiger partial charge in [-0.2, -0.15) is 13.7 Å². The number of hydrogen-bond donors (Lipinski definition) is 1. The Morgan fingerprint density at radius 1 is 1.12 bits per heavy atom. The number of para-hydroxylation sites is 1. The first-order valence-corrected chi connectivity index (χ1v) is 11.8. The molecule has 0 spiro atoms. The van der Waals surface area contributed by atoms with Gasteiger partial charge in [0.2, 0.25) is 0 Å². The number of benzene rings is 3. The van der Waals surface area contributed by atoms with Gasteiger partial charge in [0.25, 0.3) is 5.91 Å². The van der Waals surface area contributed by atoms with Crippen LogP contribution in [-0.2, 0) is 14.9 Å². The number of nitrogens with zero attached hydrogens (tertiary/aromatic N) is 1. The molecule has 32 heavy (non-hydrogen) atoms. The van der Waals surface area contributed by atoms with Gasteiger partial charge in [-0.15, -0.1) is 0 Å². The van der Waals surface area contributed by atoms with Gasteiger partial charge in [-0.05, 0) is 55.5 Å². The molecular formula is C23H16BrClN2O4S. The predicted octanol–water partition coefficient (Wildman–Crippen LogP) is 5.72. The summed E-state index contributed by atoms with van der Waals surface area (Å²) in [6, 6.07) is 19.2. The van der Waals surface area contributed by atoms with E-state index in [0.29, 0.717) is 15.2 Å². The van der Waals surface area contributed by atoms with E-state index in [9.17, 15) is 18.5 Å². The highest BCUT2D eigenvalue weighted by atomic mass is 79.9. The fraction of sp³-hybridized carbons (Fsp3) is 0.0435. The van der Waals surface area contributed by atoms with Crippen LogP contribution in [0.5, 0.6) is 5.75 Å². The van der Waals surface area contributed by atoms with Crippen molar-refractivity contribution in [2.24, 2.45) is 0 Å². The van der Waals surface area contributed by atoms with Gasteiger partial charge in [-0.3, -0.25) is 4.79 Å². The minimum Gasteiger partial charge on any atom is -0.378 e. The molecule has 6 nitrogen and oxygen atoms in total. The van der Waals surface area contributed by atoms with Crippen LogP contribution >= 0.6 is 27.5 Å². The maximum atomic E-state index is 12.7. The number of nitrogens with one attached hydrogen (secondary N) is 1. The lowest BCUT2D eigenvalue weighted by Gasteiger charge is -2.11. The quantitative estimate of drug-likeness (QED) is 0.249. The number of anilines is 1. The molecule has 0 unspecified atom stereocenters. The summed E-state index contributed by atoms with van der Waals surface area (Å²) in [7, 11) is -4.13. The van der Waals surface area contributed by atoms with Crippen LogP contribution in [0.4, 0.5) is 5.69 Å². The van der Waals surface area contributed by atoms with Crippen molar-refractivity contribution in [3.8, 4) is 11.8 Å². The summed E-state index contributed by atoms with van der Waals surface area (Å²) >= 11 is 9.36. The number of rotatable bonds is 6. The predicted molar refractivity (Wildman–Crippen MR) is 127 cm³/mol. The summed E-state index contributed by atoms with van der Waals surface area (Å²) in [4.78, 5) is 12.6. The number of hydrogen-bond acceptors (Lipinski definition) is 5. The Balaban J connectivity index is 1.95. The van der Waals surface area contributed by atoms with E-state index in [-0.39, 0.29) is 21.8 Å². The van der Waals surface area contributed by atoms with Crippen LogP contribution in [0.2, 0.25) is 5.02 Å². The Bertz CT molecular complexity index is 1350. The highest BCUT2D eigenvalue weighted by molar-refractivity contribution is 9.10. The molecule has 3 rings (SSSR count). The van der Waals surface area contributed by atoms with Crippen molar-refractivity contribution in [1.82, 2.24) is 0 Å². The third-order valence-corrected chi connectivity index (χ3v) is 6.34. The molecule has 9 heteroatoms. The van der Waals surface area contributed by atoms with E-state index in [1.165, 1.54) is 24.3 Å². The fourth-order valence-corrected chi connectivity index (χ4v) is 4.15. The number of carbonyl (C=O) groups is 1. The number of halogens is 2. The largest absolute Gasteiger partial charge is 0.378 e. The fourth-order valence-electron chi connectivity index (χ4n) is 2.64. The zero-order chi connectivity index (χ0) is 23.3. The average molecular weight is 532 g/mol. The second kappa shape index (κ2) is 10.0. The Hall–Kier alpha value is -3.12. The van der Waals surface area contributed by atoms with Crippen LogP contribution in [0, 0.1) is 18.3 Å². The molecule has 1 amide bonds. The highest BCUT2D eigenvalue weighted by Crippen LogP contribution is 2.29. The van der Waals surface area contributed by atoms with Gasteiger partial charge in [0.15, 0.2) is 0 Å². The normalized spacial score (nSPS) is 11.5. The monoisotopic (exact) mass is 530 g/mol. The molecule has 0 heterocycles. The van der Waals surface area contributed by atoms with Gasteiger partial charge in [0.1, 0.15) is 22.3 Å². The maximum absolute atomic E-state index is 12.7. The molecule has 0 atom stereocenters. The Morgan fingerprint density at radius 3 is 2.47 bits per heavy atom. The number of aryl methyl sites for hydroxylation is 1. The summed E-state index contributed by atoms with van der Waals surface area (Å²) in [5.74, 6) is -0.736. The zero-order valence-corrected chi connectivity index (χ0v) is 19.8. The Kier molecular flexibility index (Phi) is 7.36. The van der Waals surface area contributed by atoms with Crippen LogP contribution in [0.25, 0.3) is 6.08 Å². The van der Waals surface area contributed by atoms with Gasteiger partial charge >= 0.3 is 10.1 Å². The molecule has 0 saturated heterocycles. The second-order valence-electron chi connectivity index (χ2n) is 6.64. The van der Waals surface area contributed by atoms with Crippen molar-refractivity contribution in [3.63, 3.8) is 0 Å². The summed E-state index contributed by atoms with van der Waals surface area (Å²) in [6.45, 7) is 1.84. The van der Waals surface area contributed by atoms with E-state index in [4.69, 9.17) is 15.8 Å². The van der Waals surface area contributed by atoms with E-state index < -0.39 is 16.0 Å². The molecule has 0 aliphatic heterocycles. The number of carbonyl (C=O) groups excluding carboxylic acids is 1. The number of nitriles is 1. The lowest BCUT2D eigenvalue weighted by atomic mass is 10.1. The van der Waals surface area contributed by atoms with E-state index in [0.717, 1.165) is 5.56 Å². The van der Waals surface area contributed by atoms with Crippen LogP contribution in [0.3, 0.4) is 0 Å². The molecule has 0 aliphatic rings. The second-order valence-corrected chi connectivity index (χ2v) is 9.51. The summed E-state index contributed by atoms with van der Waals surface area (Å²) in [6.07, 6.45) is 1.25. The molecule has 0 aliphatic carbocycles. The van der Waals surface area contributed by atoms with Crippen LogP contribution in [-0.4, -0.2) is 14.3 Å². The summed E-state index contributed by atoms with van der Waals surface area (Å²) in [5.41, 5.74) is 1.20. The smallest absolute Gasteiger partial charge is 0.339 e. The Labute approximate surface area is 199 Å².